The summed E-state index contributed by atoms with van der Waals surface area (Å²) in [7, 11) is -13.7. The molecule has 1 aliphatic rings. The normalized spacial score (nSPS) is 12.8. The first-order chi connectivity index (χ1) is 24.1. The molecule has 0 saturated carbocycles. The fourth-order valence-corrected chi connectivity index (χ4v) is 7.11. The molecule has 16 heteroatoms. The first-order valence-electron chi connectivity index (χ1n) is 15.8. The number of hydrogen-bond donors (Lipinski definition) is 0. The monoisotopic (exact) mass is 792 g/mol. The predicted octanol–water partition coefficient (Wildman–Crippen LogP) is -0.965. The van der Waals surface area contributed by atoms with E-state index in [2.05, 4.69) is 9.48 Å². The van der Waals surface area contributed by atoms with Crippen LogP contribution in [0.4, 0.5) is 5.69 Å². The smallest absolute Gasteiger partial charge is 0.744 e. The first kappa shape index (κ1) is 44.7. The van der Waals surface area contributed by atoms with Crippen molar-refractivity contribution < 1.29 is 103 Å². The van der Waals surface area contributed by atoms with Crippen molar-refractivity contribution in [1.82, 2.24) is 0 Å². The second-order valence-electron chi connectivity index (χ2n) is 11.7. The SMILES string of the molecule is CCN(Cc1ccc(S(=O)(=O)[O-])cc1)c1ccc(C(=C2C=CC(=[N+](CC)Cc3ccc(S(=O)(=O)[O-])cc3)C=C2)c2ccc(S(=O)(=O)[O-])cc2)cc1.[Na+].[Na+]. The van der Waals surface area contributed by atoms with E-state index >= 15 is 0 Å². The van der Waals surface area contributed by atoms with E-state index in [1.165, 1.54) is 36.4 Å². The zero-order valence-electron chi connectivity index (χ0n) is 29.7. The molecule has 5 rings (SSSR count). The van der Waals surface area contributed by atoms with Crippen molar-refractivity contribution in [3.8, 4) is 0 Å². The Morgan fingerprint density at radius 1 is 0.566 bits per heavy atom. The Bertz CT molecular complexity index is 2360. The van der Waals surface area contributed by atoms with Crippen molar-refractivity contribution >= 4 is 47.3 Å². The molecule has 4 aromatic carbocycles. The van der Waals surface area contributed by atoms with Crippen LogP contribution in [0.25, 0.3) is 5.57 Å². The van der Waals surface area contributed by atoms with Gasteiger partial charge in [-0.15, -0.1) is 0 Å². The van der Waals surface area contributed by atoms with Crippen LogP contribution < -0.4 is 64.0 Å². The van der Waals surface area contributed by atoms with Crippen LogP contribution in [-0.2, 0) is 43.4 Å². The van der Waals surface area contributed by atoms with Crippen molar-refractivity contribution in [3.05, 3.63) is 149 Å². The third kappa shape index (κ3) is 11.7. The average molecular weight is 793 g/mol. The summed E-state index contributed by atoms with van der Waals surface area (Å²) in [6.07, 6.45) is 7.78. The molecule has 0 aliphatic heterocycles. The first-order valence-corrected chi connectivity index (χ1v) is 20.0. The topological polar surface area (TPSA) is 178 Å². The van der Waals surface area contributed by atoms with Gasteiger partial charge in [0, 0.05) is 36.5 Å². The molecule has 53 heavy (non-hydrogen) atoms. The van der Waals surface area contributed by atoms with Crippen LogP contribution in [0.2, 0.25) is 0 Å². The van der Waals surface area contributed by atoms with Crippen molar-refractivity contribution in [2.24, 2.45) is 0 Å². The molecule has 0 amide bonds. The molecule has 4 aromatic rings. The van der Waals surface area contributed by atoms with E-state index in [1.807, 2.05) is 62.4 Å². The third-order valence-electron chi connectivity index (χ3n) is 8.41. The quantitative estimate of drug-likeness (QED) is 0.0986. The molecule has 0 aromatic heterocycles. The van der Waals surface area contributed by atoms with E-state index < -0.39 is 30.4 Å². The van der Waals surface area contributed by atoms with Crippen LogP contribution in [0.5, 0.6) is 0 Å². The van der Waals surface area contributed by atoms with Gasteiger partial charge in [0.1, 0.15) is 36.9 Å². The molecule has 0 heterocycles. The Morgan fingerprint density at radius 3 is 1.36 bits per heavy atom. The van der Waals surface area contributed by atoms with Gasteiger partial charge < -0.3 is 18.6 Å². The summed E-state index contributed by atoms with van der Waals surface area (Å²) in [6.45, 7) is 6.18. The van der Waals surface area contributed by atoms with Crippen LogP contribution >= 0.6 is 0 Å². The van der Waals surface area contributed by atoms with Crippen LogP contribution in [-0.4, -0.2) is 62.3 Å². The third-order valence-corrected chi connectivity index (χ3v) is 11.0. The number of anilines is 1. The Kier molecular flexibility index (Phi) is 15.8. The van der Waals surface area contributed by atoms with Gasteiger partial charge in [0.15, 0.2) is 12.3 Å². The minimum atomic E-state index is -4.64. The molecule has 0 saturated heterocycles. The minimum absolute atomic E-state index is 0. The maximum Gasteiger partial charge on any atom is 1.00 e. The number of allylic oxidation sites excluding steroid dienone is 5. The molecule has 1 aliphatic carbocycles. The van der Waals surface area contributed by atoms with E-state index in [4.69, 9.17) is 0 Å². The van der Waals surface area contributed by atoms with E-state index in [9.17, 15) is 38.9 Å². The second kappa shape index (κ2) is 18.8. The van der Waals surface area contributed by atoms with Crippen LogP contribution in [0.15, 0.2) is 142 Å². The van der Waals surface area contributed by atoms with Crippen LogP contribution in [0, 0.1) is 0 Å². The van der Waals surface area contributed by atoms with Crippen molar-refractivity contribution in [3.63, 3.8) is 0 Å². The van der Waals surface area contributed by atoms with Gasteiger partial charge in [-0.3, -0.25) is 0 Å². The summed E-state index contributed by atoms with van der Waals surface area (Å²) < 4.78 is 105. The van der Waals surface area contributed by atoms with Gasteiger partial charge in [0.05, 0.1) is 14.7 Å². The predicted molar refractivity (Wildman–Crippen MR) is 190 cm³/mol. The van der Waals surface area contributed by atoms with E-state index in [-0.39, 0.29) is 73.8 Å². The van der Waals surface area contributed by atoms with Gasteiger partial charge >= 0.3 is 59.1 Å². The van der Waals surface area contributed by atoms with E-state index in [0.717, 1.165) is 39.2 Å². The largest absolute Gasteiger partial charge is 1.00 e. The molecular formula is C37H34N2Na2O9S3. The number of nitrogens with zero attached hydrogens (tertiary/aromatic N) is 2. The van der Waals surface area contributed by atoms with Gasteiger partial charge in [-0.2, -0.15) is 0 Å². The molecule has 0 atom stereocenters. The Morgan fingerprint density at radius 2 is 0.962 bits per heavy atom. The van der Waals surface area contributed by atoms with E-state index in [0.29, 0.717) is 31.7 Å². The van der Waals surface area contributed by atoms with Gasteiger partial charge in [0.2, 0.25) is 0 Å². The van der Waals surface area contributed by atoms with Crippen molar-refractivity contribution in [2.75, 3.05) is 18.0 Å². The number of rotatable bonds is 12. The summed E-state index contributed by atoms with van der Waals surface area (Å²) in [6, 6.07) is 25.2. The molecule has 0 fully saturated rings. The molecule has 0 unspecified atom stereocenters. The summed E-state index contributed by atoms with van der Waals surface area (Å²) in [5, 5.41) is 0. The van der Waals surface area contributed by atoms with Gasteiger partial charge in [-0.1, -0.05) is 48.5 Å². The van der Waals surface area contributed by atoms with Gasteiger partial charge in [-0.05, 0) is 102 Å². The zero-order chi connectivity index (χ0) is 37.0. The van der Waals surface area contributed by atoms with Crippen LogP contribution in [0.1, 0.15) is 36.1 Å². The average Bonchev–Trinajstić information content (AvgIpc) is 3.10. The Hall–Kier alpha value is -2.70. The van der Waals surface area contributed by atoms with Crippen LogP contribution in [0.3, 0.4) is 0 Å². The van der Waals surface area contributed by atoms with Crippen molar-refractivity contribution in [2.45, 2.75) is 41.6 Å². The summed E-state index contributed by atoms with van der Waals surface area (Å²) >= 11 is 0. The molecule has 266 valence electrons. The zero-order valence-corrected chi connectivity index (χ0v) is 36.1. The molecular weight excluding hydrogens is 759 g/mol. The molecule has 0 bridgehead atoms. The number of hydrogen-bond acceptors (Lipinski definition) is 10. The fourth-order valence-electron chi connectivity index (χ4n) is 5.70. The standard InChI is InChI=1S/C37H36N2O9S3.2Na/c1-3-38(25-27-5-19-34(20-6-27)49(40,41)42)32-15-9-29(10-16-32)37(31-13-23-36(24-14-31)51(46,47)48)30-11-17-33(18-12-30)39(4-2)26-28-7-21-35(22-8-28)50(43,44)45;;/h5-24H,3-4,25-26H2,1-2H3,(H2-,40,41,42,43,44,45,46,47,48);;/q;2*+1/p-2. The second-order valence-corrected chi connectivity index (χ2v) is 15.8. The van der Waals surface area contributed by atoms with E-state index in [1.54, 1.807) is 36.4 Å². The Labute approximate surface area is 355 Å². The fraction of sp³-hybridized carbons (Fsp3) is 0.162. The van der Waals surface area contributed by atoms with Gasteiger partial charge in [-0.25, -0.2) is 29.8 Å². The maximum absolute atomic E-state index is 11.6. The summed E-state index contributed by atoms with van der Waals surface area (Å²) in [4.78, 5) is 1.17. The summed E-state index contributed by atoms with van der Waals surface area (Å²) in [5.74, 6) is 0. The summed E-state index contributed by atoms with van der Waals surface area (Å²) in [5.41, 5.74) is 6.55. The molecule has 11 nitrogen and oxygen atoms in total. The molecule has 0 spiro atoms. The molecule has 0 N–H and O–H groups in total. The minimum Gasteiger partial charge on any atom is -0.744 e. The maximum atomic E-state index is 11.6. The molecule has 0 radical (unpaired) electrons. The number of benzene rings is 4. The Balaban J connectivity index is 0.00000378. The van der Waals surface area contributed by atoms with Crippen molar-refractivity contribution in [1.29, 1.82) is 0 Å². The van der Waals surface area contributed by atoms with Gasteiger partial charge in [0.25, 0.3) is 0 Å².